The number of carbonyl (C=O) groups excluding carboxylic acids is 1. The van der Waals surface area contributed by atoms with Gasteiger partial charge >= 0.3 is 5.97 Å². The number of aryl methyl sites for hydroxylation is 1. The first-order valence-electron chi connectivity index (χ1n) is 8.15. The third-order valence-corrected chi connectivity index (χ3v) is 4.90. The van der Waals surface area contributed by atoms with Gasteiger partial charge in [-0.3, -0.25) is 0 Å². The van der Waals surface area contributed by atoms with Gasteiger partial charge in [0, 0.05) is 15.5 Å². The predicted octanol–water partition coefficient (Wildman–Crippen LogP) is 6.36. The number of nitrogens with one attached hydrogen (secondary N) is 1. The van der Waals surface area contributed by atoms with Crippen LogP contribution < -0.4 is 4.72 Å². The molecule has 0 amide bonds. The van der Waals surface area contributed by atoms with Crippen molar-refractivity contribution in [3.63, 3.8) is 0 Å². The van der Waals surface area contributed by atoms with Crippen molar-refractivity contribution in [2.24, 2.45) is 0 Å². The summed E-state index contributed by atoms with van der Waals surface area (Å²) in [6.45, 7) is 1.95. The molecule has 3 rings (SSSR count). The summed E-state index contributed by atoms with van der Waals surface area (Å²) in [5.74, 6) is -1.10. The van der Waals surface area contributed by atoms with Gasteiger partial charge in [0.15, 0.2) is 0 Å². The van der Waals surface area contributed by atoms with Crippen molar-refractivity contribution < 1.29 is 13.9 Å². The van der Waals surface area contributed by atoms with Crippen LogP contribution in [-0.4, -0.2) is 13.1 Å². The minimum Gasteiger partial charge on any atom is -0.465 e. The molecule has 0 atom stereocenters. The van der Waals surface area contributed by atoms with Crippen LogP contribution in [0.4, 0.5) is 10.1 Å². The van der Waals surface area contributed by atoms with Gasteiger partial charge in [0.1, 0.15) is 5.82 Å². The third kappa shape index (κ3) is 4.62. The van der Waals surface area contributed by atoms with Crippen LogP contribution in [0.3, 0.4) is 0 Å². The summed E-state index contributed by atoms with van der Waals surface area (Å²) in [5.41, 5.74) is 2.72. The largest absolute Gasteiger partial charge is 0.465 e. The second-order valence-electron chi connectivity index (χ2n) is 5.90. The molecule has 0 saturated carbocycles. The lowest BCUT2D eigenvalue weighted by Gasteiger charge is -2.14. The summed E-state index contributed by atoms with van der Waals surface area (Å²) < 4.78 is 22.5. The van der Waals surface area contributed by atoms with E-state index in [2.05, 4.69) is 4.72 Å². The standard InChI is InChI=1S/C21H17ClFNO2S/c1-13-8-15(22)10-16(9-13)27-24-20-12-17(14-6-4-3-5-7-14)19(23)11-18(20)21(25)26-2/h3-12,24H,1-2H3. The van der Waals surface area contributed by atoms with Gasteiger partial charge in [0.2, 0.25) is 0 Å². The molecule has 0 radical (unpaired) electrons. The molecule has 0 bridgehead atoms. The molecule has 0 unspecified atom stereocenters. The maximum atomic E-state index is 14.6. The van der Waals surface area contributed by atoms with Crippen molar-refractivity contribution in [2.75, 3.05) is 11.8 Å². The van der Waals surface area contributed by atoms with Gasteiger partial charge in [-0.2, -0.15) is 0 Å². The van der Waals surface area contributed by atoms with E-state index in [0.29, 0.717) is 16.3 Å². The van der Waals surface area contributed by atoms with E-state index >= 15 is 0 Å². The Kier molecular flexibility index (Phi) is 6.04. The molecule has 3 aromatic rings. The Morgan fingerprint density at radius 3 is 2.52 bits per heavy atom. The Balaban J connectivity index is 1.99. The minimum atomic E-state index is -0.612. The van der Waals surface area contributed by atoms with Crippen LogP contribution in [0.1, 0.15) is 15.9 Å². The molecule has 138 valence electrons. The fraction of sp³-hybridized carbons (Fsp3) is 0.0952. The minimum absolute atomic E-state index is 0.126. The van der Waals surface area contributed by atoms with Gasteiger partial charge in [-0.15, -0.1) is 0 Å². The van der Waals surface area contributed by atoms with E-state index in [4.69, 9.17) is 16.3 Å². The molecule has 1 N–H and O–H groups in total. The molecular formula is C21H17ClFNO2S. The van der Waals surface area contributed by atoms with Gasteiger partial charge in [-0.25, -0.2) is 9.18 Å². The summed E-state index contributed by atoms with van der Waals surface area (Å²) in [4.78, 5) is 13.0. The van der Waals surface area contributed by atoms with Crippen molar-refractivity contribution >= 4 is 35.2 Å². The number of methoxy groups -OCH3 is 1. The molecule has 27 heavy (non-hydrogen) atoms. The van der Waals surface area contributed by atoms with E-state index in [1.54, 1.807) is 6.07 Å². The van der Waals surface area contributed by atoms with E-state index in [9.17, 15) is 9.18 Å². The van der Waals surface area contributed by atoms with Gasteiger partial charge in [0.05, 0.1) is 18.4 Å². The lowest BCUT2D eigenvalue weighted by molar-refractivity contribution is 0.0601. The molecule has 0 aromatic heterocycles. The van der Waals surface area contributed by atoms with E-state index in [1.807, 2.05) is 55.5 Å². The molecule has 0 fully saturated rings. The first-order valence-corrected chi connectivity index (χ1v) is 9.34. The molecular weight excluding hydrogens is 385 g/mol. The molecule has 0 spiro atoms. The Morgan fingerprint density at radius 1 is 1.11 bits per heavy atom. The second-order valence-corrected chi connectivity index (χ2v) is 7.22. The molecule has 6 heteroatoms. The zero-order valence-corrected chi connectivity index (χ0v) is 16.3. The summed E-state index contributed by atoms with van der Waals surface area (Å²) in [6.07, 6.45) is 0. The first kappa shape index (κ1) is 19.3. The Morgan fingerprint density at radius 2 is 1.85 bits per heavy atom. The van der Waals surface area contributed by atoms with Gasteiger partial charge in [-0.05, 0) is 60.3 Å². The Bertz CT molecular complexity index is 959. The van der Waals surface area contributed by atoms with Crippen LogP contribution in [0.5, 0.6) is 0 Å². The maximum Gasteiger partial charge on any atom is 0.340 e. The van der Waals surface area contributed by atoms with Gasteiger partial charge < -0.3 is 9.46 Å². The number of halogens is 2. The highest BCUT2D eigenvalue weighted by atomic mass is 35.5. The fourth-order valence-electron chi connectivity index (χ4n) is 2.65. The number of anilines is 1. The van der Waals surface area contributed by atoms with Crippen LogP contribution >= 0.6 is 23.5 Å². The highest BCUT2D eigenvalue weighted by molar-refractivity contribution is 8.00. The summed E-state index contributed by atoms with van der Waals surface area (Å²) in [6, 6.07) is 17.6. The van der Waals surface area contributed by atoms with E-state index in [-0.39, 0.29) is 5.56 Å². The summed E-state index contributed by atoms with van der Waals surface area (Å²) >= 11 is 7.39. The highest BCUT2D eigenvalue weighted by Gasteiger charge is 2.17. The first-order chi connectivity index (χ1) is 13.0. The number of hydrogen-bond acceptors (Lipinski definition) is 4. The molecule has 0 saturated heterocycles. The lowest BCUT2D eigenvalue weighted by atomic mass is 10.0. The van der Waals surface area contributed by atoms with Gasteiger partial charge in [-0.1, -0.05) is 41.9 Å². The number of hydrogen-bond donors (Lipinski definition) is 1. The maximum absolute atomic E-state index is 14.6. The number of esters is 1. The number of ether oxygens (including phenoxy) is 1. The predicted molar refractivity (Wildman–Crippen MR) is 109 cm³/mol. The van der Waals surface area contributed by atoms with Crippen LogP contribution in [-0.2, 0) is 4.74 Å². The van der Waals surface area contributed by atoms with Crippen LogP contribution in [0.25, 0.3) is 11.1 Å². The quantitative estimate of drug-likeness (QED) is 0.398. The zero-order chi connectivity index (χ0) is 19.4. The molecule has 0 aliphatic carbocycles. The SMILES string of the molecule is COC(=O)c1cc(F)c(-c2ccccc2)cc1NSc1cc(C)cc(Cl)c1. The van der Waals surface area contributed by atoms with Crippen molar-refractivity contribution in [2.45, 2.75) is 11.8 Å². The topological polar surface area (TPSA) is 38.3 Å². The molecule has 0 aliphatic rings. The monoisotopic (exact) mass is 401 g/mol. The summed E-state index contributed by atoms with van der Waals surface area (Å²) in [5, 5.41) is 0.622. The van der Waals surface area contributed by atoms with Crippen molar-refractivity contribution in [1.29, 1.82) is 0 Å². The lowest BCUT2D eigenvalue weighted by Crippen LogP contribution is -2.06. The average molecular weight is 402 g/mol. The Labute approximate surface area is 166 Å². The Hall–Kier alpha value is -2.50. The van der Waals surface area contributed by atoms with E-state index in [0.717, 1.165) is 16.0 Å². The van der Waals surface area contributed by atoms with E-state index < -0.39 is 11.8 Å². The van der Waals surface area contributed by atoms with Gasteiger partial charge in [0.25, 0.3) is 0 Å². The molecule has 0 aliphatic heterocycles. The van der Waals surface area contributed by atoms with Crippen LogP contribution in [0.15, 0.2) is 65.6 Å². The van der Waals surface area contributed by atoms with Crippen LogP contribution in [0, 0.1) is 12.7 Å². The molecule has 0 heterocycles. The van der Waals surface area contributed by atoms with E-state index in [1.165, 1.54) is 25.1 Å². The van der Waals surface area contributed by atoms with Crippen molar-refractivity contribution in [3.8, 4) is 11.1 Å². The summed E-state index contributed by atoms with van der Waals surface area (Å²) in [7, 11) is 1.27. The smallest absolute Gasteiger partial charge is 0.340 e. The van der Waals surface area contributed by atoms with Crippen molar-refractivity contribution in [1.82, 2.24) is 0 Å². The second kappa shape index (κ2) is 8.46. The third-order valence-electron chi connectivity index (χ3n) is 3.89. The normalized spacial score (nSPS) is 10.5. The zero-order valence-electron chi connectivity index (χ0n) is 14.8. The number of rotatable bonds is 5. The number of benzene rings is 3. The molecule has 3 nitrogen and oxygen atoms in total. The van der Waals surface area contributed by atoms with Crippen LogP contribution in [0.2, 0.25) is 5.02 Å². The number of carbonyl (C=O) groups is 1. The fourth-order valence-corrected chi connectivity index (χ4v) is 3.83. The van der Waals surface area contributed by atoms with Crippen molar-refractivity contribution in [3.05, 3.63) is 82.6 Å². The molecule has 3 aromatic carbocycles. The highest BCUT2D eigenvalue weighted by Crippen LogP contribution is 2.33. The average Bonchev–Trinajstić information content (AvgIpc) is 2.66.